The highest BCUT2D eigenvalue weighted by Crippen LogP contribution is 2.37. The van der Waals surface area contributed by atoms with Crippen molar-refractivity contribution in [3.05, 3.63) is 0 Å². The number of piperidine rings is 1. The van der Waals surface area contributed by atoms with E-state index < -0.39 is 0 Å². The van der Waals surface area contributed by atoms with Crippen LogP contribution in [0.5, 0.6) is 0 Å². The zero-order valence-corrected chi connectivity index (χ0v) is 12.4. The lowest BCUT2D eigenvalue weighted by molar-refractivity contribution is 0.0148. The van der Waals surface area contributed by atoms with Gasteiger partial charge in [0, 0.05) is 18.6 Å². The molecule has 0 radical (unpaired) electrons. The Bertz CT molecular complexity index is 212. The summed E-state index contributed by atoms with van der Waals surface area (Å²) in [6.45, 7) is 17.9. The zero-order chi connectivity index (χ0) is 12.5. The van der Waals surface area contributed by atoms with E-state index in [2.05, 4.69) is 53.4 Å². The molecule has 0 amide bonds. The summed E-state index contributed by atoms with van der Waals surface area (Å²) in [4.78, 5) is 2.74. The monoisotopic (exact) mass is 225 g/mol. The minimum Gasteiger partial charge on any atom is -0.297 e. The van der Waals surface area contributed by atoms with Gasteiger partial charge < -0.3 is 0 Å². The van der Waals surface area contributed by atoms with Crippen molar-refractivity contribution in [3.63, 3.8) is 0 Å². The minimum absolute atomic E-state index is 0.467. The maximum Gasteiger partial charge on any atom is 0.0121 e. The van der Waals surface area contributed by atoms with Crippen LogP contribution in [0.3, 0.4) is 0 Å². The number of hydrogen-bond donors (Lipinski definition) is 0. The third-order valence-electron chi connectivity index (χ3n) is 4.33. The van der Waals surface area contributed by atoms with E-state index in [1.54, 1.807) is 0 Å². The Labute approximate surface area is 103 Å². The van der Waals surface area contributed by atoms with E-state index in [9.17, 15) is 0 Å². The summed E-state index contributed by atoms with van der Waals surface area (Å²) in [5, 5.41) is 0. The van der Waals surface area contributed by atoms with Gasteiger partial charge in [0.1, 0.15) is 0 Å². The van der Waals surface area contributed by atoms with Gasteiger partial charge in [0.15, 0.2) is 0 Å². The predicted octanol–water partition coefficient (Wildman–Crippen LogP) is 4.18. The molecule has 0 aromatic heterocycles. The smallest absolute Gasteiger partial charge is 0.0121 e. The maximum atomic E-state index is 2.74. The second-order valence-electron chi connectivity index (χ2n) is 7.24. The Morgan fingerprint density at radius 3 is 1.94 bits per heavy atom. The number of rotatable bonds is 2. The molecule has 1 nitrogen and oxygen atoms in total. The number of likely N-dealkylation sites (tertiary alicyclic amines) is 1. The van der Waals surface area contributed by atoms with Crippen LogP contribution in [0.15, 0.2) is 0 Å². The first-order valence-electron chi connectivity index (χ1n) is 6.99. The first kappa shape index (κ1) is 14.0. The van der Waals surface area contributed by atoms with Crippen molar-refractivity contribution in [1.29, 1.82) is 0 Å². The molecule has 0 saturated carbocycles. The molecule has 2 unspecified atom stereocenters. The molecule has 1 saturated heterocycles. The van der Waals surface area contributed by atoms with Gasteiger partial charge in [0.05, 0.1) is 0 Å². The Hall–Kier alpha value is -0.0400. The summed E-state index contributed by atoms with van der Waals surface area (Å²) in [5.74, 6) is 1.66. The predicted molar refractivity (Wildman–Crippen MR) is 72.6 cm³/mol. The molecular formula is C15H31N. The molecule has 1 fully saturated rings. The lowest BCUT2D eigenvalue weighted by Gasteiger charge is -2.47. The van der Waals surface area contributed by atoms with Crippen molar-refractivity contribution < 1.29 is 0 Å². The number of hydrogen-bond acceptors (Lipinski definition) is 1. The normalized spacial score (nSPS) is 29.1. The van der Waals surface area contributed by atoms with Crippen LogP contribution in [0.2, 0.25) is 0 Å². The van der Waals surface area contributed by atoms with Gasteiger partial charge in [0.25, 0.3) is 0 Å². The third kappa shape index (κ3) is 3.23. The fourth-order valence-corrected chi connectivity index (χ4v) is 3.04. The van der Waals surface area contributed by atoms with E-state index in [1.165, 1.54) is 19.4 Å². The molecule has 1 aliphatic heterocycles. The SMILES string of the molecule is CC(C)C1CCC(C(C)(C)C)CN1C(C)C. The van der Waals surface area contributed by atoms with Gasteiger partial charge in [-0.3, -0.25) is 4.90 Å². The van der Waals surface area contributed by atoms with Crippen LogP contribution in [0, 0.1) is 17.3 Å². The van der Waals surface area contributed by atoms with Gasteiger partial charge in [0.2, 0.25) is 0 Å². The largest absolute Gasteiger partial charge is 0.297 e. The fraction of sp³-hybridized carbons (Fsp3) is 1.00. The Morgan fingerprint density at radius 1 is 1.00 bits per heavy atom. The molecular weight excluding hydrogens is 194 g/mol. The summed E-state index contributed by atoms with van der Waals surface area (Å²) in [7, 11) is 0. The molecule has 0 aliphatic carbocycles. The molecule has 96 valence electrons. The van der Waals surface area contributed by atoms with Gasteiger partial charge in [-0.2, -0.15) is 0 Å². The van der Waals surface area contributed by atoms with E-state index in [0.717, 1.165) is 17.9 Å². The Balaban J connectivity index is 2.73. The molecule has 0 aromatic carbocycles. The van der Waals surface area contributed by atoms with E-state index in [-0.39, 0.29) is 0 Å². The van der Waals surface area contributed by atoms with Gasteiger partial charge in [-0.05, 0) is 43.9 Å². The molecule has 1 heterocycles. The molecule has 1 heteroatoms. The summed E-state index contributed by atoms with van der Waals surface area (Å²) >= 11 is 0. The molecule has 0 N–H and O–H groups in total. The minimum atomic E-state index is 0.467. The van der Waals surface area contributed by atoms with Crippen molar-refractivity contribution in [2.75, 3.05) is 6.54 Å². The summed E-state index contributed by atoms with van der Waals surface area (Å²) in [6.07, 6.45) is 2.80. The van der Waals surface area contributed by atoms with Crippen molar-refractivity contribution in [2.24, 2.45) is 17.3 Å². The first-order chi connectivity index (χ1) is 7.23. The van der Waals surface area contributed by atoms with Crippen molar-refractivity contribution in [3.8, 4) is 0 Å². The van der Waals surface area contributed by atoms with E-state index in [4.69, 9.17) is 0 Å². The van der Waals surface area contributed by atoms with E-state index in [1.807, 2.05) is 0 Å². The van der Waals surface area contributed by atoms with Crippen molar-refractivity contribution in [2.45, 2.75) is 73.4 Å². The van der Waals surface area contributed by atoms with Gasteiger partial charge in [-0.1, -0.05) is 34.6 Å². The number of nitrogens with zero attached hydrogens (tertiary/aromatic N) is 1. The van der Waals surface area contributed by atoms with Gasteiger partial charge >= 0.3 is 0 Å². The maximum absolute atomic E-state index is 2.74. The standard InChI is InChI=1S/C15H31N/c1-11(2)14-9-8-13(15(5,6)7)10-16(14)12(3)4/h11-14H,8-10H2,1-7H3. The zero-order valence-electron chi connectivity index (χ0n) is 12.4. The average molecular weight is 225 g/mol. The molecule has 0 bridgehead atoms. The highest BCUT2D eigenvalue weighted by molar-refractivity contribution is 4.89. The van der Waals surface area contributed by atoms with E-state index >= 15 is 0 Å². The highest BCUT2D eigenvalue weighted by Gasteiger charge is 2.36. The summed E-state index contributed by atoms with van der Waals surface area (Å²) in [5.41, 5.74) is 0.467. The van der Waals surface area contributed by atoms with Crippen molar-refractivity contribution in [1.82, 2.24) is 4.90 Å². The Kier molecular flexibility index (Phi) is 4.45. The van der Waals surface area contributed by atoms with Crippen LogP contribution < -0.4 is 0 Å². The van der Waals surface area contributed by atoms with E-state index in [0.29, 0.717) is 11.5 Å². The van der Waals surface area contributed by atoms with Crippen LogP contribution in [-0.2, 0) is 0 Å². The lowest BCUT2D eigenvalue weighted by atomic mass is 9.73. The van der Waals surface area contributed by atoms with Crippen LogP contribution >= 0.6 is 0 Å². The van der Waals surface area contributed by atoms with Crippen molar-refractivity contribution >= 4 is 0 Å². The molecule has 0 aromatic rings. The van der Waals surface area contributed by atoms with Crippen LogP contribution in [-0.4, -0.2) is 23.5 Å². The van der Waals surface area contributed by atoms with Gasteiger partial charge in [-0.15, -0.1) is 0 Å². The lowest BCUT2D eigenvalue weighted by Crippen LogP contribution is -2.51. The molecule has 2 atom stereocenters. The summed E-state index contributed by atoms with van der Waals surface area (Å²) < 4.78 is 0. The molecule has 0 spiro atoms. The molecule has 1 rings (SSSR count). The van der Waals surface area contributed by atoms with Crippen LogP contribution in [0.4, 0.5) is 0 Å². The summed E-state index contributed by atoms with van der Waals surface area (Å²) in [6, 6.07) is 1.50. The third-order valence-corrected chi connectivity index (χ3v) is 4.33. The highest BCUT2D eigenvalue weighted by atomic mass is 15.2. The van der Waals surface area contributed by atoms with Crippen LogP contribution in [0.25, 0.3) is 0 Å². The molecule has 1 aliphatic rings. The Morgan fingerprint density at radius 2 is 1.56 bits per heavy atom. The van der Waals surface area contributed by atoms with Gasteiger partial charge in [-0.25, -0.2) is 0 Å². The quantitative estimate of drug-likeness (QED) is 0.681. The first-order valence-corrected chi connectivity index (χ1v) is 6.99. The van der Waals surface area contributed by atoms with Crippen LogP contribution in [0.1, 0.15) is 61.3 Å². The topological polar surface area (TPSA) is 3.24 Å². The fourth-order valence-electron chi connectivity index (χ4n) is 3.04. The average Bonchev–Trinajstić information content (AvgIpc) is 2.15. The second kappa shape index (κ2) is 5.08. The second-order valence-corrected chi connectivity index (χ2v) is 7.24. The molecule has 16 heavy (non-hydrogen) atoms.